The molecule has 28 heavy (non-hydrogen) atoms. The molecule has 5 nitrogen and oxygen atoms in total. The maximum Gasteiger partial charge on any atom is 0.311 e. The quantitative estimate of drug-likeness (QED) is 0.235. The van der Waals surface area contributed by atoms with Crippen LogP contribution in [0.4, 0.5) is 0 Å². The Kier molecular flexibility index (Phi) is 8.48. The van der Waals surface area contributed by atoms with Crippen LogP contribution < -0.4 is 10.1 Å². The number of ether oxygens (including phenoxy) is 1. The van der Waals surface area contributed by atoms with Crippen molar-refractivity contribution in [3.8, 4) is 11.8 Å². The average Bonchev–Trinajstić information content (AvgIpc) is 2.72. The zero-order chi connectivity index (χ0) is 20.2. The summed E-state index contributed by atoms with van der Waals surface area (Å²) in [5.41, 5.74) is 1.82. The van der Waals surface area contributed by atoms with Crippen LogP contribution in [-0.2, 0) is 16.0 Å². The van der Waals surface area contributed by atoms with Gasteiger partial charge in [-0.2, -0.15) is 5.26 Å². The van der Waals surface area contributed by atoms with E-state index in [0.29, 0.717) is 30.7 Å². The summed E-state index contributed by atoms with van der Waals surface area (Å²) in [6, 6.07) is 18.4. The van der Waals surface area contributed by atoms with Crippen LogP contribution in [0.1, 0.15) is 37.3 Å². The third-order valence-electron chi connectivity index (χ3n) is 4.06. The van der Waals surface area contributed by atoms with Gasteiger partial charge in [-0.25, -0.2) is 0 Å². The second-order valence-corrected chi connectivity index (χ2v) is 6.31. The predicted octanol–water partition coefficient (Wildman–Crippen LogP) is 4.05. The fraction of sp³-hybridized carbons (Fsp3) is 0.261. The standard InChI is InChI=1S/C23H24N2O3/c1-2-3-15-25-23(27)20(17-24)16-19-9-12-21(13-10-19)28-22(26)14-11-18-7-5-4-6-8-18/h4-10,12-13,16H,2-3,11,14-15H2,1H3,(H,25,27)/b20-16+. The number of unbranched alkanes of at least 4 members (excludes halogenated alkanes) is 1. The van der Waals surface area contributed by atoms with E-state index in [1.807, 2.05) is 43.3 Å². The molecule has 0 unspecified atom stereocenters. The minimum Gasteiger partial charge on any atom is -0.427 e. The monoisotopic (exact) mass is 376 g/mol. The van der Waals surface area contributed by atoms with Crippen molar-refractivity contribution in [1.29, 1.82) is 5.26 Å². The molecule has 0 aliphatic heterocycles. The zero-order valence-corrected chi connectivity index (χ0v) is 16.0. The summed E-state index contributed by atoms with van der Waals surface area (Å²) >= 11 is 0. The number of carbonyl (C=O) groups excluding carboxylic acids is 2. The number of rotatable bonds is 9. The number of aryl methyl sites for hydroxylation is 1. The van der Waals surface area contributed by atoms with E-state index >= 15 is 0 Å². The third kappa shape index (κ3) is 7.08. The summed E-state index contributed by atoms with van der Waals surface area (Å²) < 4.78 is 5.33. The maximum atomic E-state index is 12.0. The van der Waals surface area contributed by atoms with Gasteiger partial charge in [-0.1, -0.05) is 55.8 Å². The second kappa shape index (κ2) is 11.3. The predicted molar refractivity (Wildman–Crippen MR) is 108 cm³/mol. The molecule has 0 spiro atoms. The summed E-state index contributed by atoms with van der Waals surface area (Å²) in [6.45, 7) is 2.58. The highest BCUT2D eigenvalue weighted by Gasteiger charge is 2.09. The molecule has 0 fully saturated rings. The van der Waals surface area contributed by atoms with Crippen molar-refractivity contribution in [2.45, 2.75) is 32.6 Å². The number of hydrogen-bond acceptors (Lipinski definition) is 4. The molecule has 0 aliphatic carbocycles. The highest BCUT2D eigenvalue weighted by atomic mass is 16.5. The van der Waals surface area contributed by atoms with E-state index in [1.165, 1.54) is 6.08 Å². The lowest BCUT2D eigenvalue weighted by atomic mass is 10.1. The Balaban J connectivity index is 1.90. The van der Waals surface area contributed by atoms with Crippen LogP contribution in [-0.4, -0.2) is 18.4 Å². The molecule has 1 N–H and O–H groups in total. The van der Waals surface area contributed by atoms with E-state index in [2.05, 4.69) is 5.32 Å². The molecule has 0 radical (unpaired) electrons. The van der Waals surface area contributed by atoms with Crippen LogP contribution >= 0.6 is 0 Å². The van der Waals surface area contributed by atoms with E-state index in [4.69, 9.17) is 4.74 Å². The number of carbonyl (C=O) groups is 2. The Hall–Kier alpha value is -3.39. The number of benzene rings is 2. The van der Waals surface area contributed by atoms with Crippen molar-refractivity contribution < 1.29 is 14.3 Å². The first-order valence-corrected chi connectivity index (χ1v) is 9.37. The first kappa shape index (κ1) is 20.9. The molecule has 2 aromatic rings. The van der Waals surface area contributed by atoms with Gasteiger partial charge >= 0.3 is 5.97 Å². The molecule has 0 atom stereocenters. The van der Waals surface area contributed by atoms with E-state index in [1.54, 1.807) is 24.3 Å². The number of nitrogens with zero attached hydrogens (tertiary/aromatic N) is 1. The fourth-order valence-corrected chi connectivity index (χ4v) is 2.49. The van der Waals surface area contributed by atoms with Gasteiger partial charge in [0.2, 0.25) is 0 Å². The Morgan fingerprint density at radius 1 is 1.11 bits per heavy atom. The first-order chi connectivity index (χ1) is 13.6. The van der Waals surface area contributed by atoms with Gasteiger partial charge in [-0.15, -0.1) is 0 Å². The van der Waals surface area contributed by atoms with Crippen LogP contribution in [0.15, 0.2) is 60.2 Å². The summed E-state index contributed by atoms with van der Waals surface area (Å²) in [6.07, 6.45) is 4.27. The van der Waals surface area contributed by atoms with Crippen molar-refractivity contribution >= 4 is 18.0 Å². The van der Waals surface area contributed by atoms with Gasteiger partial charge < -0.3 is 10.1 Å². The van der Waals surface area contributed by atoms with Gasteiger partial charge in [0.05, 0.1) is 0 Å². The summed E-state index contributed by atoms with van der Waals surface area (Å²) in [5, 5.41) is 11.9. The van der Waals surface area contributed by atoms with Gasteiger partial charge in [0.15, 0.2) is 0 Å². The Morgan fingerprint density at radius 3 is 2.46 bits per heavy atom. The van der Waals surface area contributed by atoms with E-state index in [0.717, 1.165) is 18.4 Å². The van der Waals surface area contributed by atoms with Crippen LogP contribution in [0.3, 0.4) is 0 Å². The SMILES string of the molecule is CCCCNC(=O)/C(C#N)=C/c1ccc(OC(=O)CCc2ccccc2)cc1. The number of esters is 1. The van der Waals surface area contributed by atoms with Crippen molar-refractivity contribution in [3.05, 3.63) is 71.3 Å². The Bertz CT molecular complexity index is 850. The van der Waals surface area contributed by atoms with Crippen LogP contribution in [0, 0.1) is 11.3 Å². The van der Waals surface area contributed by atoms with Gasteiger partial charge in [-0.05, 0) is 42.2 Å². The minimum absolute atomic E-state index is 0.0451. The van der Waals surface area contributed by atoms with Gasteiger partial charge in [0.1, 0.15) is 17.4 Å². The molecule has 0 aliphatic rings. The van der Waals surface area contributed by atoms with Crippen LogP contribution in [0.25, 0.3) is 6.08 Å². The summed E-state index contributed by atoms with van der Waals surface area (Å²) in [7, 11) is 0. The van der Waals surface area contributed by atoms with Gasteiger partial charge in [0.25, 0.3) is 5.91 Å². The average molecular weight is 376 g/mol. The number of amides is 1. The minimum atomic E-state index is -0.382. The van der Waals surface area contributed by atoms with Gasteiger partial charge in [0, 0.05) is 13.0 Å². The van der Waals surface area contributed by atoms with E-state index in [9.17, 15) is 14.9 Å². The lowest BCUT2D eigenvalue weighted by molar-refractivity contribution is -0.134. The normalized spacial score (nSPS) is 10.8. The topological polar surface area (TPSA) is 79.2 Å². The molecule has 144 valence electrons. The molecule has 2 rings (SSSR count). The molecule has 0 saturated carbocycles. The number of nitrogens with one attached hydrogen (secondary N) is 1. The molecule has 5 heteroatoms. The molecule has 2 aromatic carbocycles. The lowest BCUT2D eigenvalue weighted by Gasteiger charge is -2.06. The van der Waals surface area contributed by atoms with Crippen LogP contribution in [0.2, 0.25) is 0 Å². The summed E-state index contributed by atoms with van der Waals surface area (Å²) in [5.74, 6) is -0.256. The first-order valence-electron chi connectivity index (χ1n) is 9.37. The number of hydrogen-bond donors (Lipinski definition) is 1. The molecule has 0 saturated heterocycles. The molecule has 0 bridgehead atoms. The lowest BCUT2D eigenvalue weighted by Crippen LogP contribution is -2.25. The van der Waals surface area contributed by atoms with Gasteiger partial charge in [-0.3, -0.25) is 9.59 Å². The molecule has 0 aromatic heterocycles. The Labute approximate surface area is 165 Å². The van der Waals surface area contributed by atoms with Crippen molar-refractivity contribution in [2.24, 2.45) is 0 Å². The molecule has 1 amide bonds. The summed E-state index contributed by atoms with van der Waals surface area (Å²) in [4.78, 5) is 24.0. The molecular formula is C23H24N2O3. The van der Waals surface area contributed by atoms with Crippen molar-refractivity contribution in [3.63, 3.8) is 0 Å². The van der Waals surface area contributed by atoms with E-state index < -0.39 is 0 Å². The number of nitriles is 1. The smallest absolute Gasteiger partial charge is 0.311 e. The molecule has 0 heterocycles. The molecular weight excluding hydrogens is 352 g/mol. The third-order valence-corrected chi connectivity index (χ3v) is 4.06. The maximum absolute atomic E-state index is 12.0. The van der Waals surface area contributed by atoms with E-state index in [-0.39, 0.29) is 17.4 Å². The van der Waals surface area contributed by atoms with Crippen molar-refractivity contribution in [2.75, 3.05) is 6.54 Å². The highest BCUT2D eigenvalue weighted by Crippen LogP contribution is 2.16. The Morgan fingerprint density at radius 2 is 1.82 bits per heavy atom. The van der Waals surface area contributed by atoms with Crippen molar-refractivity contribution in [1.82, 2.24) is 5.32 Å². The zero-order valence-electron chi connectivity index (χ0n) is 16.0. The largest absolute Gasteiger partial charge is 0.427 e. The fourth-order valence-electron chi connectivity index (χ4n) is 2.49. The van der Waals surface area contributed by atoms with Crippen LogP contribution in [0.5, 0.6) is 5.75 Å². The second-order valence-electron chi connectivity index (χ2n) is 6.31. The highest BCUT2D eigenvalue weighted by molar-refractivity contribution is 6.01.